The van der Waals surface area contributed by atoms with E-state index in [0.717, 1.165) is 41.3 Å². The maximum Gasteiger partial charge on any atom is 0.191 e. The van der Waals surface area contributed by atoms with Gasteiger partial charge in [-0.25, -0.2) is 9.98 Å². The molecule has 1 aliphatic rings. The second-order valence-corrected chi connectivity index (χ2v) is 8.34. The molecule has 3 N–H and O–H groups in total. The monoisotopic (exact) mass is 435 g/mol. The standard InChI is InChI=1S/C20H30BrN5O/c1-2-22-19(24-15-20(10-11-27)8-4-3-5-9-20)23-12-17-14-26-13-16(21)6-7-18(26)25-17/h6-7,13-14,27H,2-5,8-12,15H2,1H3,(H2,22,23,24). The molecule has 1 aliphatic carbocycles. The first-order chi connectivity index (χ1) is 13.1. The van der Waals surface area contributed by atoms with Crippen LogP contribution in [0.3, 0.4) is 0 Å². The Hall–Kier alpha value is -1.60. The molecule has 0 aromatic carbocycles. The van der Waals surface area contributed by atoms with Gasteiger partial charge in [-0.1, -0.05) is 19.3 Å². The maximum atomic E-state index is 9.51. The maximum absolute atomic E-state index is 9.51. The second kappa shape index (κ2) is 9.55. The number of aliphatic hydroxyl groups is 1. The van der Waals surface area contributed by atoms with Crippen LogP contribution >= 0.6 is 15.9 Å². The smallest absolute Gasteiger partial charge is 0.191 e. The fraction of sp³-hybridized carbons (Fsp3) is 0.600. The van der Waals surface area contributed by atoms with Gasteiger partial charge in [0.1, 0.15) is 5.65 Å². The van der Waals surface area contributed by atoms with E-state index in [1.54, 1.807) is 0 Å². The third-order valence-corrected chi connectivity index (χ3v) is 5.86. The van der Waals surface area contributed by atoms with Crippen molar-refractivity contribution in [3.63, 3.8) is 0 Å². The van der Waals surface area contributed by atoms with Gasteiger partial charge < -0.3 is 20.1 Å². The van der Waals surface area contributed by atoms with E-state index in [1.165, 1.54) is 32.1 Å². The van der Waals surface area contributed by atoms with Gasteiger partial charge in [0.25, 0.3) is 0 Å². The van der Waals surface area contributed by atoms with Crippen molar-refractivity contribution < 1.29 is 5.11 Å². The highest BCUT2D eigenvalue weighted by molar-refractivity contribution is 9.10. The third-order valence-electron chi connectivity index (χ3n) is 5.40. The fourth-order valence-electron chi connectivity index (χ4n) is 3.92. The number of imidazole rings is 1. The minimum atomic E-state index is 0.193. The van der Waals surface area contributed by atoms with E-state index in [0.29, 0.717) is 6.54 Å². The van der Waals surface area contributed by atoms with Crippen molar-refractivity contribution in [2.24, 2.45) is 10.4 Å². The first-order valence-electron chi connectivity index (χ1n) is 9.90. The number of hydrogen-bond acceptors (Lipinski definition) is 3. The fourth-order valence-corrected chi connectivity index (χ4v) is 4.27. The van der Waals surface area contributed by atoms with Crippen LogP contribution in [0, 0.1) is 5.41 Å². The number of rotatable bonds is 7. The van der Waals surface area contributed by atoms with Crippen molar-refractivity contribution in [1.82, 2.24) is 20.0 Å². The number of aliphatic imine (C=N–C) groups is 1. The molecule has 2 heterocycles. The van der Waals surface area contributed by atoms with E-state index in [9.17, 15) is 5.11 Å². The van der Waals surface area contributed by atoms with Crippen LogP contribution in [-0.4, -0.2) is 40.1 Å². The topological polar surface area (TPSA) is 74.0 Å². The molecule has 2 aromatic heterocycles. The summed E-state index contributed by atoms with van der Waals surface area (Å²) in [6.45, 7) is 4.53. The Morgan fingerprint density at radius 1 is 1.26 bits per heavy atom. The Labute approximate surface area is 169 Å². The number of nitrogens with one attached hydrogen (secondary N) is 2. The molecule has 148 valence electrons. The normalized spacial score (nSPS) is 17.2. The van der Waals surface area contributed by atoms with Gasteiger partial charge in [-0.15, -0.1) is 0 Å². The van der Waals surface area contributed by atoms with Crippen LogP contribution in [-0.2, 0) is 6.54 Å². The van der Waals surface area contributed by atoms with Crippen molar-refractivity contribution in [2.75, 3.05) is 19.7 Å². The van der Waals surface area contributed by atoms with Gasteiger partial charge in [-0.2, -0.15) is 0 Å². The number of fused-ring (bicyclic) bond motifs is 1. The molecular weight excluding hydrogens is 406 g/mol. The lowest BCUT2D eigenvalue weighted by Gasteiger charge is -2.37. The molecule has 2 aromatic rings. The van der Waals surface area contributed by atoms with Crippen LogP contribution in [0.1, 0.15) is 51.1 Å². The van der Waals surface area contributed by atoms with E-state index in [1.807, 2.05) is 28.9 Å². The van der Waals surface area contributed by atoms with Gasteiger partial charge >= 0.3 is 0 Å². The summed E-state index contributed by atoms with van der Waals surface area (Å²) in [5, 5.41) is 16.3. The summed E-state index contributed by atoms with van der Waals surface area (Å²) in [5.74, 6) is 0.818. The Balaban J connectivity index is 1.66. The predicted molar refractivity (Wildman–Crippen MR) is 113 cm³/mol. The summed E-state index contributed by atoms with van der Waals surface area (Å²) in [7, 11) is 0. The van der Waals surface area contributed by atoms with E-state index < -0.39 is 0 Å². The van der Waals surface area contributed by atoms with Crippen molar-refractivity contribution >= 4 is 27.5 Å². The van der Waals surface area contributed by atoms with Crippen molar-refractivity contribution in [2.45, 2.75) is 52.0 Å². The first-order valence-corrected chi connectivity index (χ1v) is 10.7. The molecule has 3 rings (SSSR count). The lowest BCUT2D eigenvalue weighted by molar-refractivity contribution is 0.131. The van der Waals surface area contributed by atoms with E-state index in [-0.39, 0.29) is 12.0 Å². The van der Waals surface area contributed by atoms with E-state index in [2.05, 4.69) is 38.5 Å². The number of aliphatic hydroxyl groups excluding tert-OH is 1. The average Bonchev–Trinajstić information content (AvgIpc) is 3.07. The number of aromatic nitrogens is 2. The van der Waals surface area contributed by atoms with Crippen LogP contribution < -0.4 is 10.6 Å². The lowest BCUT2D eigenvalue weighted by Crippen LogP contribution is -2.44. The predicted octanol–water partition coefficient (Wildman–Crippen LogP) is 3.48. The third kappa shape index (κ3) is 5.45. The van der Waals surface area contributed by atoms with Crippen LogP contribution in [0.5, 0.6) is 0 Å². The largest absolute Gasteiger partial charge is 0.396 e. The molecule has 0 bridgehead atoms. The van der Waals surface area contributed by atoms with Crippen molar-refractivity contribution in [1.29, 1.82) is 0 Å². The quantitative estimate of drug-likeness (QED) is 0.459. The zero-order valence-corrected chi connectivity index (χ0v) is 17.6. The molecule has 0 amide bonds. The van der Waals surface area contributed by atoms with Gasteiger partial charge in [0.2, 0.25) is 0 Å². The molecule has 7 heteroatoms. The van der Waals surface area contributed by atoms with Gasteiger partial charge in [0.05, 0.1) is 12.2 Å². The number of nitrogens with zero attached hydrogens (tertiary/aromatic N) is 3. The van der Waals surface area contributed by atoms with E-state index >= 15 is 0 Å². The highest BCUT2D eigenvalue weighted by atomic mass is 79.9. The number of guanidine groups is 1. The molecule has 6 nitrogen and oxygen atoms in total. The molecule has 0 radical (unpaired) electrons. The molecule has 0 unspecified atom stereocenters. The van der Waals surface area contributed by atoms with Crippen LogP contribution in [0.4, 0.5) is 0 Å². The summed E-state index contributed by atoms with van der Waals surface area (Å²) < 4.78 is 3.03. The Bertz CT molecular complexity index is 761. The highest BCUT2D eigenvalue weighted by Crippen LogP contribution is 2.38. The van der Waals surface area contributed by atoms with Crippen molar-refractivity contribution in [3.05, 3.63) is 34.7 Å². The highest BCUT2D eigenvalue weighted by Gasteiger charge is 2.31. The first kappa shape index (κ1) is 20.1. The molecule has 27 heavy (non-hydrogen) atoms. The Kier molecular flexibility index (Phi) is 7.13. The summed E-state index contributed by atoms with van der Waals surface area (Å²) in [6, 6.07) is 3.98. The molecule has 0 spiro atoms. The number of halogens is 1. The molecule has 1 fully saturated rings. The van der Waals surface area contributed by atoms with Crippen LogP contribution in [0.25, 0.3) is 5.65 Å². The van der Waals surface area contributed by atoms with Crippen LogP contribution in [0.2, 0.25) is 0 Å². The Morgan fingerprint density at radius 2 is 2.07 bits per heavy atom. The molecule has 0 aliphatic heterocycles. The summed E-state index contributed by atoms with van der Waals surface area (Å²) in [6.07, 6.45) is 11.1. The van der Waals surface area contributed by atoms with Gasteiger partial charge in [-0.3, -0.25) is 0 Å². The van der Waals surface area contributed by atoms with Crippen molar-refractivity contribution in [3.8, 4) is 0 Å². The summed E-state index contributed by atoms with van der Waals surface area (Å²) in [4.78, 5) is 9.35. The van der Waals surface area contributed by atoms with Crippen LogP contribution in [0.15, 0.2) is 34.0 Å². The number of hydrogen-bond donors (Lipinski definition) is 3. The minimum absolute atomic E-state index is 0.193. The van der Waals surface area contributed by atoms with E-state index in [4.69, 9.17) is 4.99 Å². The zero-order valence-electron chi connectivity index (χ0n) is 16.0. The van der Waals surface area contributed by atoms with Gasteiger partial charge in [0.15, 0.2) is 5.96 Å². The molecule has 1 saturated carbocycles. The summed E-state index contributed by atoms with van der Waals surface area (Å²) >= 11 is 3.49. The molecular formula is C20H30BrN5O. The second-order valence-electron chi connectivity index (χ2n) is 7.43. The lowest BCUT2D eigenvalue weighted by atomic mass is 9.72. The SMILES string of the molecule is CCNC(=NCc1cn2cc(Br)ccc2n1)NCC1(CCO)CCCCC1. The molecule has 0 saturated heterocycles. The molecule has 0 atom stereocenters. The number of pyridine rings is 1. The average molecular weight is 436 g/mol. The van der Waals surface area contributed by atoms with Gasteiger partial charge in [0, 0.05) is 36.6 Å². The Morgan fingerprint density at radius 3 is 2.81 bits per heavy atom. The van der Waals surface area contributed by atoms with Gasteiger partial charge in [-0.05, 0) is 59.7 Å². The zero-order chi connectivity index (χ0) is 19.1. The summed E-state index contributed by atoms with van der Waals surface area (Å²) in [5.41, 5.74) is 2.05. The minimum Gasteiger partial charge on any atom is -0.396 e.